The van der Waals surface area contributed by atoms with Gasteiger partial charge in [0, 0.05) is 88.9 Å². The van der Waals surface area contributed by atoms with Crippen LogP contribution in [0, 0.1) is 35.5 Å². The average Bonchev–Trinajstić information content (AvgIpc) is 3.61. The van der Waals surface area contributed by atoms with Crippen LogP contribution in [0.3, 0.4) is 0 Å². The Balaban J connectivity index is 2.42. The lowest BCUT2D eigenvalue weighted by molar-refractivity contribution is -0.333. The number of ether oxygens (including phenoxy) is 3. The summed E-state index contributed by atoms with van der Waals surface area (Å²) in [5.74, 6) is -3.97. The molecule has 1 fully saturated rings. The summed E-state index contributed by atoms with van der Waals surface area (Å²) >= 11 is 0. The molecule has 0 radical (unpaired) electrons. The maximum atomic E-state index is 13.7. The molecule has 486 valence electrons. The Bertz CT molecular complexity index is 2010. The molecule has 0 aliphatic carbocycles. The van der Waals surface area contributed by atoms with Gasteiger partial charge >= 0.3 is 11.9 Å². The van der Waals surface area contributed by atoms with Gasteiger partial charge < -0.3 is 75.9 Å². The predicted octanol–water partition coefficient (Wildman–Crippen LogP) is 7.93. The first-order valence-corrected chi connectivity index (χ1v) is 31.9. The van der Waals surface area contributed by atoms with Crippen LogP contribution in [0.4, 0.5) is 0 Å². The van der Waals surface area contributed by atoms with Crippen molar-refractivity contribution in [3.05, 3.63) is 59.8 Å². The Kier molecular flexibility index (Phi) is 37.9. The number of allylic oxidation sites excluding steroid dienone is 6. The third-order valence-corrected chi connectivity index (χ3v) is 17.1. The molecule has 0 aromatic heterocycles. The molecular weight excluding hydrogens is 1070 g/mol. The molecule has 2 aliphatic heterocycles. The number of hydrogen-bond donors (Lipinski definition) is 12. The van der Waals surface area contributed by atoms with Crippen molar-refractivity contribution in [1.82, 2.24) is 10.6 Å². The number of cyclic esters (lactones) is 1. The van der Waals surface area contributed by atoms with Crippen LogP contribution in [0.15, 0.2) is 64.7 Å². The smallest absolute Gasteiger partial charge is 0.334 e. The molecule has 0 saturated carbocycles. The Labute approximate surface area is 505 Å². The number of aliphatic hydroxyl groups excluding tert-OH is 9. The first-order valence-electron chi connectivity index (χ1n) is 31.9. The second kappa shape index (κ2) is 41.6. The highest BCUT2D eigenvalue weighted by atomic mass is 16.7. The monoisotopic (exact) mass is 1190 g/mol. The Morgan fingerprint density at radius 3 is 2.02 bits per heavy atom. The lowest BCUT2D eigenvalue weighted by Crippen LogP contribution is -2.60. The molecule has 0 spiro atoms. The van der Waals surface area contributed by atoms with E-state index >= 15 is 0 Å². The highest BCUT2D eigenvalue weighted by Gasteiger charge is 2.50. The SMILES string of the molecule is CN=C(NC)NCCC/C=C/CCC[C@H](C)[C@@H]1OC(=O)/C(C)=C\C=C\[C@@H](C)[C@@H](O)C[C@@H](O)[C@H](C)[C@H](O)CC[C@H](C)[C@@H](O)C[C@@]2(O)O[C@@H](C[C@H](OC(=O)CCCCCCCCC(C)C)C[C@@H](O)C[C@H](O)C[C@@H](O)/C(C)=C/C=C/[C@H]1C)C[C@@H](O)[C@@H]2O. The van der Waals surface area contributed by atoms with Gasteiger partial charge in [0.25, 0.3) is 0 Å². The van der Waals surface area contributed by atoms with Crippen molar-refractivity contribution in [3.63, 3.8) is 0 Å². The summed E-state index contributed by atoms with van der Waals surface area (Å²) < 4.78 is 18.3. The quantitative estimate of drug-likeness (QED) is 0.0192. The van der Waals surface area contributed by atoms with Gasteiger partial charge in [-0.15, -0.1) is 0 Å². The molecule has 1 saturated heterocycles. The number of carbonyl (C=O) groups excluding carboxylic acids is 2. The number of nitrogens with zero attached hydrogens (tertiary/aromatic N) is 1. The number of fused-ring (bicyclic) bond motifs is 2. The zero-order valence-corrected chi connectivity index (χ0v) is 53.2. The fourth-order valence-electron chi connectivity index (χ4n) is 11.1. The van der Waals surface area contributed by atoms with Crippen LogP contribution in [0.2, 0.25) is 0 Å². The van der Waals surface area contributed by atoms with Gasteiger partial charge in [0.05, 0.1) is 54.9 Å². The average molecular weight is 1190 g/mol. The first kappa shape index (κ1) is 76.6. The van der Waals surface area contributed by atoms with E-state index in [0.29, 0.717) is 23.5 Å². The number of guanidine groups is 1. The molecule has 18 nitrogen and oxygen atoms in total. The number of hydrogen-bond acceptors (Lipinski definition) is 16. The Morgan fingerprint density at radius 1 is 0.726 bits per heavy atom. The van der Waals surface area contributed by atoms with E-state index in [1.807, 2.05) is 20.0 Å². The standard InChI is InChI=1S/C66H117N3O15/c1-43(2)26-20-16-12-13-18-22-32-61(78)82-53-37-51(70)36-52(71)38-56(73)44(3)28-24-30-48(7)62(47(6)27-21-17-14-15-19-23-35-69-65(67-10)68-11)83-64(80)49(8)31-25-29-45(4)57(74)41-58(75)50(9)55(72)34-33-46(5)60(77)42-66(81)63(79)59(76)40-54(39-53)84-66/h14-15,24-25,28-31,43,45-48,50-60,62-63,70-77,79,81H,12-13,16-23,26-27,32-42H2,1-11H3,(H2,67,68,69)/b15-14+,29-25+,30-24+,44-28+,49-31-/t45-,46+,47+,48-,50-,51+,52+,53-,54+,55-,56-,57+,58-,59-,60+,62+,63+,66-/m1/s1. The van der Waals surface area contributed by atoms with Crippen LogP contribution in [0.25, 0.3) is 0 Å². The summed E-state index contributed by atoms with van der Waals surface area (Å²) in [6, 6.07) is 0. The Hall–Kier alpha value is -3.53. The van der Waals surface area contributed by atoms with Crippen LogP contribution in [0.1, 0.15) is 204 Å². The molecule has 0 unspecified atom stereocenters. The van der Waals surface area contributed by atoms with E-state index in [1.54, 1.807) is 72.0 Å². The van der Waals surface area contributed by atoms with Gasteiger partial charge in [-0.3, -0.25) is 9.79 Å². The molecule has 0 aromatic rings. The predicted molar refractivity (Wildman–Crippen MR) is 331 cm³/mol. The van der Waals surface area contributed by atoms with Crippen LogP contribution < -0.4 is 10.6 Å². The van der Waals surface area contributed by atoms with Crippen molar-refractivity contribution in [2.75, 3.05) is 20.6 Å². The zero-order chi connectivity index (χ0) is 62.9. The highest BCUT2D eigenvalue weighted by Crippen LogP contribution is 2.36. The molecular formula is C66H117N3O15. The van der Waals surface area contributed by atoms with Gasteiger partial charge in [-0.05, 0) is 95.0 Å². The van der Waals surface area contributed by atoms with Crippen molar-refractivity contribution in [1.29, 1.82) is 0 Å². The van der Waals surface area contributed by atoms with E-state index in [9.17, 15) is 60.7 Å². The summed E-state index contributed by atoms with van der Waals surface area (Å²) in [7, 11) is 3.55. The maximum Gasteiger partial charge on any atom is 0.334 e. The second-order valence-corrected chi connectivity index (χ2v) is 25.3. The lowest BCUT2D eigenvalue weighted by atomic mass is 9.84. The van der Waals surface area contributed by atoms with E-state index in [4.69, 9.17) is 14.2 Å². The second-order valence-electron chi connectivity index (χ2n) is 25.3. The summed E-state index contributed by atoms with van der Waals surface area (Å²) in [6.07, 6.45) is 11.8. The van der Waals surface area contributed by atoms with Crippen LogP contribution >= 0.6 is 0 Å². The van der Waals surface area contributed by atoms with Crippen molar-refractivity contribution >= 4 is 17.9 Å². The topological polar surface area (TPSA) is 301 Å². The highest BCUT2D eigenvalue weighted by molar-refractivity contribution is 5.88. The number of rotatable bonds is 19. The molecule has 12 N–H and O–H groups in total. The molecule has 18 atom stereocenters. The summed E-state index contributed by atoms with van der Waals surface area (Å²) in [5.41, 5.74) is 0.894. The summed E-state index contributed by atoms with van der Waals surface area (Å²) in [6.45, 7) is 17.8. The number of aliphatic hydroxyl groups is 10. The third-order valence-electron chi connectivity index (χ3n) is 17.1. The first-order chi connectivity index (χ1) is 39.7. The molecule has 2 bridgehead atoms. The molecule has 2 heterocycles. The third kappa shape index (κ3) is 30.4. The van der Waals surface area contributed by atoms with E-state index in [0.717, 1.165) is 70.3 Å². The number of carbonyl (C=O) groups is 2. The van der Waals surface area contributed by atoms with Gasteiger partial charge in [0.15, 0.2) is 11.7 Å². The number of aliphatic imine (C=N–C) groups is 1. The van der Waals surface area contributed by atoms with Crippen LogP contribution in [0.5, 0.6) is 0 Å². The normalized spacial score (nSPS) is 35.6. The minimum atomic E-state index is -2.43. The summed E-state index contributed by atoms with van der Waals surface area (Å²) in [5, 5.41) is 119. The number of unbranched alkanes of at least 4 members (excludes halogenated alkanes) is 7. The van der Waals surface area contributed by atoms with E-state index in [-0.39, 0.29) is 69.6 Å². The van der Waals surface area contributed by atoms with Gasteiger partial charge in [0.1, 0.15) is 18.3 Å². The fourth-order valence-corrected chi connectivity index (χ4v) is 11.1. The minimum absolute atomic E-state index is 0.0328. The molecule has 2 aliphatic rings. The van der Waals surface area contributed by atoms with E-state index in [1.165, 1.54) is 12.8 Å². The number of nitrogens with one attached hydrogen (secondary N) is 2. The summed E-state index contributed by atoms with van der Waals surface area (Å²) in [4.78, 5) is 31.2. The largest absolute Gasteiger partial charge is 0.462 e. The lowest BCUT2D eigenvalue weighted by Gasteiger charge is -2.45. The van der Waals surface area contributed by atoms with Gasteiger partial charge in [-0.25, -0.2) is 4.79 Å². The van der Waals surface area contributed by atoms with Gasteiger partial charge in [-0.1, -0.05) is 136 Å². The molecule has 18 heteroatoms. The minimum Gasteiger partial charge on any atom is -0.462 e. The van der Waals surface area contributed by atoms with Crippen LogP contribution in [-0.2, 0) is 23.8 Å². The Morgan fingerprint density at radius 2 is 1.36 bits per heavy atom. The van der Waals surface area contributed by atoms with Crippen molar-refractivity contribution < 1.29 is 74.9 Å². The molecule has 0 aromatic carbocycles. The van der Waals surface area contributed by atoms with E-state index in [2.05, 4.69) is 48.5 Å². The zero-order valence-electron chi connectivity index (χ0n) is 53.2. The molecule has 0 amide bonds. The van der Waals surface area contributed by atoms with Crippen molar-refractivity contribution in [2.24, 2.45) is 40.5 Å². The van der Waals surface area contributed by atoms with Gasteiger partial charge in [0.2, 0.25) is 0 Å². The fraction of sp³-hybridized carbons (Fsp3) is 0.803. The number of esters is 2. The van der Waals surface area contributed by atoms with Crippen molar-refractivity contribution in [2.45, 2.75) is 283 Å². The van der Waals surface area contributed by atoms with Crippen LogP contribution in [-0.4, -0.2) is 169 Å². The van der Waals surface area contributed by atoms with Gasteiger partial charge in [-0.2, -0.15) is 0 Å². The molecule has 84 heavy (non-hydrogen) atoms. The van der Waals surface area contributed by atoms with Crippen molar-refractivity contribution in [3.8, 4) is 0 Å². The van der Waals surface area contributed by atoms with E-state index < -0.39 is 115 Å². The molecule has 2 rings (SSSR count). The maximum absolute atomic E-state index is 13.7.